The van der Waals surface area contributed by atoms with Gasteiger partial charge in [-0.25, -0.2) is 19.1 Å². The average molecular weight is 547 g/mol. The predicted molar refractivity (Wildman–Crippen MR) is 115 cm³/mol. The first kappa shape index (κ1) is 29.5. The number of ether oxygens (including phenoxy) is 6. The largest absolute Gasteiger partial charge is 0.480 e. The van der Waals surface area contributed by atoms with Crippen LogP contribution in [0.15, 0.2) is 0 Å². The van der Waals surface area contributed by atoms with Crippen LogP contribution in [0.1, 0.15) is 44.9 Å². The van der Waals surface area contributed by atoms with Gasteiger partial charge in [0.2, 0.25) is 0 Å². The quantitative estimate of drug-likeness (QED) is 0.137. The van der Waals surface area contributed by atoms with E-state index in [4.69, 9.17) is 43.3 Å². The smallest absolute Gasteiger partial charge is 0.397 e. The van der Waals surface area contributed by atoms with Crippen molar-refractivity contribution in [1.82, 2.24) is 0 Å². The van der Waals surface area contributed by atoms with Crippen LogP contribution in [-0.2, 0) is 52.7 Å². The molecule has 0 amide bonds. The molecule has 0 aromatic heterocycles. The van der Waals surface area contributed by atoms with Gasteiger partial charge in [0.25, 0.3) is 0 Å². The minimum Gasteiger partial charge on any atom is -0.480 e. The van der Waals surface area contributed by atoms with E-state index in [1.807, 2.05) is 0 Å². The maximum Gasteiger partial charge on any atom is 0.397 e. The van der Waals surface area contributed by atoms with Crippen LogP contribution in [0.4, 0.5) is 0 Å². The van der Waals surface area contributed by atoms with Crippen molar-refractivity contribution < 1.29 is 70.7 Å². The van der Waals surface area contributed by atoms with Crippen molar-refractivity contribution in [1.29, 1.82) is 0 Å². The molecule has 15 nitrogen and oxygen atoms in total. The van der Waals surface area contributed by atoms with Crippen LogP contribution >= 0.6 is 0 Å². The van der Waals surface area contributed by atoms with Crippen molar-refractivity contribution in [3.05, 3.63) is 0 Å². The van der Waals surface area contributed by atoms with Gasteiger partial charge in [-0.05, 0) is 38.5 Å². The van der Waals surface area contributed by atoms with Crippen LogP contribution in [-0.4, -0.2) is 110 Å². The molecule has 3 heterocycles. The normalized spacial score (nSPS) is 36.0. The van der Waals surface area contributed by atoms with Crippen molar-refractivity contribution in [2.75, 3.05) is 26.4 Å². The highest BCUT2D eigenvalue weighted by Gasteiger charge is 2.38. The van der Waals surface area contributed by atoms with Crippen molar-refractivity contribution in [2.24, 2.45) is 0 Å². The van der Waals surface area contributed by atoms with E-state index < -0.39 is 66.3 Å². The number of aliphatic hydroxyl groups excluding tert-OH is 1. The first-order valence-electron chi connectivity index (χ1n) is 11.8. The van der Waals surface area contributed by atoms with Crippen LogP contribution in [0.5, 0.6) is 0 Å². The second-order valence-electron chi connectivity index (χ2n) is 8.79. The van der Waals surface area contributed by atoms with E-state index >= 15 is 0 Å². The van der Waals surface area contributed by atoms with Gasteiger partial charge in [-0.2, -0.15) is 8.42 Å². The molecule has 0 aromatic rings. The summed E-state index contributed by atoms with van der Waals surface area (Å²) in [5.74, 6) is -1.14. The van der Waals surface area contributed by atoms with E-state index in [9.17, 15) is 18.3 Å². The number of aliphatic hydroxyl groups is 1. The SMILES string of the molecule is O=C(O)COC1CCC(CO[C@@H]2OC(CO)CCC2OS(=O)(=O)O)O[C@@H]1OCC1CCC[C@@H](OO)O1. The van der Waals surface area contributed by atoms with Gasteiger partial charge in [-0.1, -0.05) is 0 Å². The van der Waals surface area contributed by atoms with Crippen molar-refractivity contribution in [2.45, 2.75) is 94.3 Å². The Morgan fingerprint density at radius 1 is 0.833 bits per heavy atom. The number of rotatable bonds is 13. The third-order valence-electron chi connectivity index (χ3n) is 6.00. The van der Waals surface area contributed by atoms with E-state index in [-0.39, 0.29) is 32.3 Å². The van der Waals surface area contributed by atoms with Crippen LogP contribution < -0.4 is 0 Å². The van der Waals surface area contributed by atoms with Gasteiger partial charge in [-0.3, -0.25) is 4.55 Å². The van der Waals surface area contributed by atoms with Crippen LogP contribution in [0.3, 0.4) is 0 Å². The zero-order valence-electron chi connectivity index (χ0n) is 19.6. The molecular formula is C20H34O15S. The van der Waals surface area contributed by atoms with Crippen LogP contribution in [0.2, 0.25) is 0 Å². The van der Waals surface area contributed by atoms with E-state index in [0.29, 0.717) is 32.1 Å². The standard InChI is InChI=1S/C20H34O15S/c21-8-12-4-7-16(35-36(25,26)27)20(32-12)30-10-14-5-6-15(28-11-17(22)23)19(33-14)29-9-13-2-1-3-18(31-13)34-24/h12-16,18-21,24H,1-11H2,(H,22,23)(H,25,26,27)/t12?,13?,14?,15?,16?,18-,19+,20-/m1/s1. The Bertz CT molecular complexity index is 779. The predicted octanol–water partition coefficient (Wildman–Crippen LogP) is 0.0647. The topological polar surface area (TPSA) is 206 Å². The maximum absolute atomic E-state index is 11.2. The number of carboxylic acids is 1. The molecule has 8 atom stereocenters. The third-order valence-corrected chi connectivity index (χ3v) is 6.49. The van der Waals surface area contributed by atoms with Crippen molar-refractivity contribution in [3.8, 4) is 0 Å². The molecular weight excluding hydrogens is 512 g/mol. The molecule has 0 aliphatic carbocycles. The van der Waals surface area contributed by atoms with Gasteiger partial charge in [-0.15, -0.1) is 0 Å². The lowest BCUT2D eigenvalue weighted by molar-refractivity contribution is -0.368. The summed E-state index contributed by atoms with van der Waals surface area (Å²) in [6.45, 7) is -0.829. The summed E-state index contributed by atoms with van der Waals surface area (Å²) in [5, 5.41) is 27.2. The second-order valence-corrected chi connectivity index (χ2v) is 9.83. The zero-order valence-corrected chi connectivity index (χ0v) is 20.4. The highest BCUT2D eigenvalue weighted by molar-refractivity contribution is 7.80. The molecule has 3 rings (SSSR count). The Balaban J connectivity index is 1.56. The molecule has 5 unspecified atom stereocenters. The molecule has 0 radical (unpaired) electrons. The fourth-order valence-electron chi connectivity index (χ4n) is 4.27. The lowest BCUT2D eigenvalue weighted by Gasteiger charge is -2.38. The summed E-state index contributed by atoms with van der Waals surface area (Å²) in [6.07, 6.45) is -2.97. The van der Waals surface area contributed by atoms with Crippen LogP contribution in [0, 0.1) is 0 Å². The monoisotopic (exact) mass is 546 g/mol. The van der Waals surface area contributed by atoms with Crippen molar-refractivity contribution >= 4 is 16.4 Å². The molecule has 0 spiro atoms. The fourth-order valence-corrected chi connectivity index (χ4v) is 4.77. The third kappa shape index (κ3) is 9.70. The average Bonchev–Trinajstić information content (AvgIpc) is 2.85. The number of carboxylic acid groups (broad SMARTS) is 1. The Labute approximate surface area is 208 Å². The van der Waals surface area contributed by atoms with E-state index in [1.54, 1.807) is 0 Å². The van der Waals surface area contributed by atoms with Gasteiger partial charge in [0.05, 0.1) is 38.1 Å². The maximum atomic E-state index is 11.2. The van der Waals surface area contributed by atoms with E-state index in [1.165, 1.54) is 0 Å². The summed E-state index contributed by atoms with van der Waals surface area (Å²) in [4.78, 5) is 15.2. The molecule has 36 heavy (non-hydrogen) atoms. The summed E-state index contributed by atoms with van der Waals surface area (Å²) in [5.41, 5.74) is 0. The molecule has 3 aliphatic heterocycles. The van der Waals surface area contributed by atoms with Gasteiger partial charge in [0.15, 0.2) is 18.9 Å². The van der Waals surface area contributed by atoms with Gasteiger partial charge < -0.3 is 38.6 Å². The Morgan fingerprint density at radius 2 is 1.44 bits per heavy atom. The molecule has 3 aliphatic rings. The molecule has 0 saturated carbocycles. The first-order valence-corrected chi connectivity index (χ1v) is 13.1. The van der Waals surface area contributed by atoms with Gasteiger partial charge >= 0.3 is 16.4 Å². The first-order chi connectivity index (χ1) is 17.2. The zero-order chi connectivity index (χ0) is 26.1. The Hall–Kier alpha value is -1.02. The van der Waals surface area contributed by atoms with E-state index in [0.717, 1.165) is 6.42 Å². The fraction of sp³-hybridized carbons (Fsp3) is 0.950. The minimum atomic E-state index is -4.75. The number of hydrogen-bond acceptors (Lipinski definition) is 13. The second kappa shape index (κ2) is 14.2. The molecule has 4 N–H and O–H groups in total. The minimum absolute atomic E-state index is 0.0694. The van der Waals surface area contributed by atoms with Gasteiger partial charge in [0.1, 0.15) is 18.8 Å². The Kier molecular flexibility index (Phi) is 11.7. The number of aliphatic carboxylic acids is 1. The summed E-state index contributed by atoms with van der Waals surface area (Å²) in [6, 6.07) is 0. The highest BCUT2D eigenvalue weighted by Crippen LogP contribution is 2.28. The molecule has 3 fully saturated rings. The summed E-state index contributed by atoms with van der Waals surface area (Å²) >= 11 is 0. The highest BCUT2D eigenvalue weighted by atomic mass is 32.3. The number of carbonyl (C=O) groups is 1. The van der Waals surface area contributed by atoms with Gasteiger partial charge in [0, 0.05) is 6.42 Å². The molecule has 0 bridgehead atoms. The molecule has 0 aromatic carbocycles. The lowest BCUT2D eigenvalue weighted by atomic mass is 10.1. The number of hydrogen-bond donors (Lipinski definition) is 4. The molecule has 16 heteroatoms. The molecule has 3 saturated heterocycles. The summed E-state index contributed by atoms with van der Waals surface area (Å²) < 4.78 is 70.1. The Morgan fingerprint density at radius 3 is 2.08 bits per heavy atom. The van der Waals surface area contributed by atoms with E-state index in [2.05, 4.69) is 9.07 Å². The summed E-state index contributed by atoms with van der Waals surface area (Å²) in [7, 11) is -4.75. The van der Waals surface area contributed by atoms with Crippen molar-refractivity contribution in [3.63, 3.8) is 0 Å². The van der Waals surface area contributed by atoms with Crippen LogP contribution in [0.25, 0.3) is 0 Å². The lowest BCUT2D eigenvalue weighted by Crippen LogP contribution is -2.48. The molecule has 210 valence electrons.